The molecule has 7 nitrogen and oxygen atoms in total. The molecule has 0 saturated carbocycles. The quantitative estimate of drug-likeness (QED) is 0.844. The van der Waals surface area contributed by atoms with Crippen LogP contribution in [0.1, 0.15) is 30.0 Å². The first-order valence-electron chi connectivity index (χ1n) is 6.47. The van der Waals surface area contributed by atoms with Crippen LogP contribution in [0.5, 0.6) is 11.5 Å². The van der Waals surface area contributed by atoms with Gasteiger partial charge in [-0.1, -0.05) is 6.07 Å². The molecule has 1 aromatic carbocycles. The average molecular weight is 290 g/mol. The highest BCUT2D eigenvalue weighted by molar-refractivity contribution is 5.43. The summed E-state index contributed by atoms with van der Waals surface area (Å²) in [5.74, 6) is 1.74. The van der Waals surface area contributed by atoms with Crippen LogP contribution in [-0.2, 0) is 6.42 Å². The number of hydrogen-bond donors (Lipinski definition) is 2. The SMILES string of the molecule is COc1ccc(Cc2nnc([C@@H](C)N)c(=O)[nH]2)cc1OC. The van der Waals surface area contributed by atoms with E-state index >= 15 is 0 Å². The summed E-state index contributed by atoms with van der Waals surface area (Å²) in [6.45, 7) is 1.69. The largest absolute Gasteiger partial charge is 0.493 e. The summed E-state index contributed by atoms with van der Waals surface area (Å²) in [4.78, 5) is 14.5. The van der Waals surface area contributed by atoms with E-state index < -0.39 is 6.04 Å². The van der Waals surface area contributed by atoms with Gasteiger partial charge in [-0.25, -0.2) is 0 Å². The van der Waals surface area contributed by atoms with Gasteiger partial charge in [-0.15, -0.1) is 10.2 Å². The molecule has 2 aromatic rings. The number of H-pyrrole nitrogens is 1. The van der Waals surface area contributed by atoms with Crippen molar-refractivity contribution in [2.45, 2.75) is 19.4 Å². The monoisotopic (exact) mass is 290 g/mol. The molecule has 0 aliphatic heterocycles. The molecule has 0 fully saturated rings. The molecule has 0 aliphatic carbocycles. The summed E-state index contributed by atoms with van der Waals surface area (Å²) in [6.07, 6.45) is 0.432. The standard InChI is InChI=1S/C14H18N4O3/c1-8(15)13-14(19)16-12(17-18-13)7-9-4-5-10(20-2)11(6-9)21-3/h4-6,8H,7,15H2,1-3H3,(H,16,17,19)/t8-/m1/s1. The van der Waals surface area contributed by atoms with Crippen LogP contribution < -0.4 is 20.8 Å². The van der Waals surface area contributed by atoms with Gasteiger partial charge in [0.25, 0.3) is 5.56 Å². The zero-order valence-electron chi connectivity index (χ0n) is 12.2. The van der Waals surface area contributed by atoms with Crippen LogP contribution in [0, 0.1) is 0 Å². The lowest BCUT2D eigenvalue weighted by Crippen LogP contribution is -2.24. The zero-order chi connectivity index (χ0) is 15.4. The van der Waals surface area contributed by atoms with Gasteiger partial charge in [-0.3, -0.25) is 4.79 Å². The third-order valence-electron chi connectivity index (χ3n) is 3.02. The van der Waals surface area contributed by atoms with Crippen LogP contribution in [0.3, 0.4) is 0 Å². The van der Waals surface area contributed by atoms with E-state index in [0.29, 0.717) is 23.7 Å². The number of aromatic amines is 1. The molecule has 1 heterocycles. The number of rotatable bonds is 5. The maximum Gasteiger partial charge on any atom is 0.274 e. The van der Waals surface area contributed by atoms with Crippen molar-refractivity contribution in [3.63, 3.8) is 0 Å². The summed E-state index contributed by atoms with van der Waals surface area (Å²) >= 11 is 0. The van der Waals surface area contributed by atoms with Crippen molar-refractivity contribution in [3.05, 3.63) is 45.6 Å². The molecule has 21 heavy (non-hydrogen) atoms. The minimum atomic E-state index is -0.448. The summed E-state index contributed by atoms with van der Waals surface area (Å²) < 4.78 is 10.4. The van der Waals surface area contributed by atoms with Gasteiger partial charge >= 0.3 is 0 Å². The Morgan fingerprint density at radius 2 is 1.95 bits per heavy atom. The van der Waals surface area contributed by atoms with Crippen LogP contribution >= 0.6 is 0 Å². The fraction of sp³-hybridized carbons (Fsp3) is 0.357. The molecule has 0 radical (unpaired) electrons. The molecular weight excluding hydrogens is 272 g/mol. The molecule has 0 unspecified atom stereocenters. The van der Waals surface area contributed by atoms with Gasteiger partial charge < -0.3 is 20.2 Å². The second-order valence-electron chi connectivity index (χ2n) is 4.64. The molecule has 0 aliphatic rings. The molecular formula is C14H18N4O3. The maximum absolute atomic E-state index is 11.8. The highest BCUT2D eigenvalue weighted by Crippen LogP contribution is 2.28. The van der Waals surface area contributed by atoms with Crippen LogP contribution in [-0.4, -0.2) is 29.4 Å². The molecule has 3 N–H and O–H groups in total. The van der Waals surface area contributed by atoms with Crippen LogP contribution in [0.4, 0.5) is 0 Å². The van der Waals surface area contributed by atoms with Crippen molar-refractivity contribution in [3.8, 4) is 11.5 Å². The van der Waals surface area contributed by atoms with Crippen molar-refractivity contribution in [2.75, 3.05) is 14.2 Å². The molecule has 0 spiro atoms. The van der Waals surface area contributed by atoms with E-state index in [-0.39, 0.29) is 11.3 Å². The highest BCUT2D eigenvalue weighted by atomic mass is 16.5. The summed E-state index contributed by atoms with van der Waals surface area (Å²) in [5, 5.41) is 7.87. The zero-order valence-corrected chi connectivity index (χ0v) is 12.2. The van der Waals surface area contributed by atoms with Crippen LogP contribution in [0.25, 0.3) is 0 Å². The summed E-state index contributed by atoms with van der Waals surface area (Å²) in [6, 6.07) is 5.06. The molecule has 0 saturated heterocycles. The number of nitrogens with two attached hydrogens (primary N) is 1. The van der Waals surface area contributed by atoms with Gasteiger partial charge in [0.15, 0.2) is 11.5 Å². The van der Waals surface area contributed by atoms with Crippen molar-refractivity contribution in [1.29, 1.82) is 0 Å². The van der Waals surface area contributed by atoms with Gasteiger partial charge in [-0.2, -0.15) is 0 Å². The van der Waals surface area contributed by atoms with E-state index in [4.69, 9.17) is 15.2 Å². The molecule has 7 heteroatoms. The third kappa shape index (κ3) is 3.38. The number of benzene rings is 1. The van der Waals surface area contributed by atoms with Crippen molar-refractivity contribution < 1.29 is 9.47 Å². The smallest absolute Gasteiger partial charge is 0.274 e. The normalized spacial score (nSPS) is 12.0. The molecule has 2 rings (SSSR count). The Bertz CT molecular complexity index is 682. The number of hydrogen-bond acceptors (Lipinski definition) is 6. The predicted molar refractivity (Wildman–Crippen MR) is 77.6 cm³/mol. The number of ether oxygens (including phenoxy) is 2. The van der Waals surface area contributed by atoms with Crippen molar-refractivity contribution >= 4 is 0 Å². The number of aromatic nitrogens is 3. The van der Waals surface area contributed by atoms with E-state index in [0.717, 1.165) is 5.56 Å². The lowest BCUT2D eigenvalue weighted by atomic mass is 10.1. The summed E-state index contributed by atoms with van der Waals surface area (Å²) in [5.41, 5.74) is 6.47. The van der Waals surface area contributed by atoms with E-state index in [1.165, 1.54) is 0 Å². The number of nitrogens with one attached hydrogen (secondary N) is 1. The topological polar surface area (TPSA) is 103 Å². The van der Waals surface area contributed by atoms with Crippen LogP contribution in [0.2, 0.25) is 0 Å². The number of nitrogens with zero attached hydrogens (tertiary/aromatic N) is 2. The second kappa shape index (κ2) is 6.36. The molecule has 0 bridgehead atoms. The van der Waals surface area contributed by atoms with E-state index in [1.807, 2.05) is 12.1 Å². The fourth-order valence-corrected chi connectivity index (χ4v) is 1.94. The molecule has 0 amide bonds. The Morgan fingerprint density at radius 3 is 2.52 bits per heavy atom. The van der Waals surface area contributed by atoms with Crippen molar-refractivity contribution in [1.82, 2.24) is 15.2 Å². The lowest BCUT2D eigenvalue weighted by Gasteiger charge is -2.09. The maximum atomic E-state index is 11.8. The predicted octanol–water partition coefficient (Wildman–Crippen LogP) is 0.793. The van der Waals surface area contributed by atoms with E-state index in [2.05, 4.69) is 15.2 Å². The van der Waals surface area contributed by atoms with Gasteiger partial charge in [-0.05, 0) is 24.6 Å². The minimum absolute atomic E-state index is 0.228. The van der Waals surface area contributed by atoms with Crippen LogP contribution in [0.15, 0.2) is 23.0 Å². The summed E-state index contributed by atoms with van der Waals surface area (Å²) in [7, 11) is 3.15. The average Bonchev–Trinajstić information content (AvgIpc) is 2.46. The van der Waals surface area contributed by atoms with Gasteiger partial charge in [0.2, 0.25) is 0 Å². The Morgan fingerprint density at radius 1 is 1.24 bits per heavy atom. The fourth-order valence-electron chi connectivity index (χ4n) is 1.94. The first kappa shape index (κ1) is 15.0. The Labute approximate surface area is 122 Å². The van der Waals surface area contributed by atoms with Gasteiger partial charge in [0.05, 0.1) is 20.3 Å². The molecule has 1 atom stereocenters. The minimum Gasteiger partial charge on any atom is -0.493 e. The van der Waals surface area contributed by atoms with Gasteiger partial charge in [0.1, 0.15) is 11.5 Å². The highest BCUT2D eigenvalue weighted by Gasteiger charge is 2.10. The van der Waals surface area contributed by atoms with Gasteiger partial charge in [0, 0.05) is 6.42 Å². The first-order valence-corrected chi connectivity index (χ1v) is 6.47. The molecule has 112 valence electrons. The second-order valence-corrected chi connectivity index (χ2v) is 4.64. The third-order valence-corrected chi connectivity index (χ3v) is 3.02. The van der Waals surface area contributed by atoms with E-state index in [1.54, 1.807) is 27.2 Å². The Kier molecular flexibility index (Phi) is 4.54. The van der Waals surface area contributed by atoms with E-state index in [9.17, 15) is 4.79 Å². The Balaban J connectivity index is 2.26. The Hall–Kier alpha value is -2.41. The number of methoxy groups -OCH3 is 2. The lowest BCUT2D eigenvalue weighted by molar-refractivity contribution is 0.354. The molecule has 1 aromatic heterocycles. The first-order chi connectivity index (χ1) is 10.0. The van der Waals surface area contributed by atoms with Crippen molar-refractivity contribution in [2.24, 2.45) is 5.73 Å².